The van der Waals surface area contributed by atoms with Gasteiger partial charge in [0.1, 0.15) is 11.2 Å². The minimum absolute atomic E-state index is 0.626. The van der Waals surface area contributed by atoms with Gasteiger partial charge in [-0.1, -0.05) is 164 Å². The van der Waals surface area contributed by atoms with E-state index in [1.807, 2.05) is 18.2 Å². The van der Waals surface area contributed by atoms with Crippen molar-refractivity contribution >= 4 is 43.5 Å². The lowest BCUT2D eigenvalue weighted by atomic mass is 9.94. The maximum atomic E-state index is 6.09. The maximum Gasteiger partial charge on any atom is 0.164 e. The van der Waals surface area contributed by atoms with Crippen LogP contribution in [-0.4, -0.2) is 15.0 Å². The average Bonchev–Trinajstić information content (AvgIpc) is 3.67. The standard InChI is InChI=1S/C53H33N3O/c1-3-11-34(12-4-1)35-19-21-37(22-20-35)51-54-52(56-53(55-51)47-29-28-43(36-13-5-2-6-14-36)44-15-7-8-16-45(44)47)42-26-25-38-31-39(23-24-40(38)32-42)41-27-30-50-48(33-41)46-17-9-10-18-49(46)57-50/h1-33H. The molecule has 0 aliphatic rings. The molecule has 0 spiro atoms. The van der Waals surface area contributed by atoms with Crippen molar-refractivity contribution in [2.45, 2.75) is 0 Å². The molecule has 0 saturated carbocycles. The summed E-state index contributed by atoms with van der Waals surface area (Å²) in [4.78, 5) is 15.5. The Labute approximate surface area is 329 Å². The lowest BCUT2D eigenvalue weighted by Crippen LogP contribution is -2.01. The summed E-state index contributed by atoms with van der Waals surface area (Å²) in [6.07, 6.45) is 0. The molecule has 0 radical (unpaired) electrons. The van der Waals surface area contributed by atoms with E-state index in [-0.39, 0.29) is 0 Å². The van der Waals surface area contributed by atoms with Gasteiger partial charge in [0.05, 0.1) is 0 Å². The first-order valence-electron chi connectivity index (χ1n) is 19.2. The summed E-state index contributed by atoms with van der Waals surface area (Å²) in [5.74, 6) is 1.89. The van der Waals surface area contributed by atoms with Crippen LogP contribution < -0.4 is 0 Å². The zero-order valence-electron chi connectivity index (χ0n) is 30.8. The molecule has 2 heterocycles. The van der Waals surface area contributed by atoms with Crippen LogP contribution in [0.5, 0.6) is 0 Å². The lowest BCUT2D eigenvalue weighted by Gasteiger charge is -2.13. The molecule has 4 heteroatoms. The van der Waals surface area contributed by atoms with E-state index in [9.17, 15) is 0 Å². The van der Waals surface area contributed by atoms with E-state index in [0.717, 1.165) is 76.9 Å². The second kappa shape index (κ2) is 13.6. The lowest BCUT2D eigenvalue weighted by molar-refractivity contribution is 0.669. The number of aromatic nitrogens is 3. The molecule has 0 bridgehead atoms. The van der Waals surface area contributed by atoms with Gasteiger partial charge in [0.2, 0.25) is 0 Å². The number of hydrogen-bond acceptors (Lipinski definition) is 4. The highest BCUT2D eigenvalue weighted by Gasteiger charge is 2.17. The second-order valence-electron chi connectivity index (χ2n) is 14.4. The first-order valence-corrected chi connectivity index (χ1v) is 19.2. The van der Waals surface area contributed by atoms with Crippen LogP contribution >= 0.6 is 0 Å². The Bertz CT molecular complexity index is 3280. The quantitative estimate of drug-likeness (QED) is 0.171. The summed E-state index contributed by atoms with van der Waals surface area (Å²) in [6.45, 7) is 0. The van der Waals surface area contributed by atoms with Gasteiger partial charge in [-0.3, -0.25) is 0 Å². The van der Waals surface area contributed by atoms with Gasteiger partial charge < -0.3 is 4.42 Å². The zero-order valence-corrected chi connectivity index (χ0v) is 30.8. The van der Waals surface area contributed by atoms with Crippen molar-refractivity contribution in [1.82, 2.24) is 15.0 Å². The molecule has 11 aromatic rings. The fourth-order valence-electron chi connectivity index (χ4n) is 8.03. The van der Waals surface area contributed by atoms with Crippen LogP contribution in [0.2, 0.25) is 0 Å². The highest BCUT2D eigenvalue weighted by molar-refractivity contribution is 6.07. The Kier molecular flexibility index (Phi) is 7.78. The molecule has 0 saturated heterocycles. The Morgan fingerprint density at radius 2 is 0.737 bits per heavy atom. The van der Waals surface area contributed by atoms with E-state index in [2.05, 4.69) is 182 Å². The molecular formula is C53H33N3O. The minimum atomic E-state index is 0.626. The van der Waals surface area contributed by atoms with E-state index in [0.29, 0.717) is 17.5 Å². The van der Waals surface area contributed by atoms with E-state index in [4.69, 9.17) is 19.4 Å². The van der Waals surface area contributed by atoms with Crippen molar-refractivity contribution in [3.05, 3.63) is 200 Å². The van der Waals surface area contributed by atoms with Crippen LogP contribution in [-0.2, 0) is 0 Å². The van der Waals surface area contributed by atoms with Crippen LogP contribution in [0.3, 0.4) is 0 Å². The van der Waals surface area contributed by atoms with Crippen molar-refractivity contribution in [3.8, 4) is 67.5 Å². The Morgan fingerprint density at radius 1 is 0.263 bits per heavy atom. The Morgan fingerprint density at radius 3 is 1.49 bits per heavy atom. The van der Waals surface area contributed by atoms with Gasteiger partial charge in [-0.2, -0.15) is 0 Å². The number of hydrogen-bond donors (Lipinski definition) is 0. The number of para-hydroxylation sites is 1. The molecule has 9 aromatic carbocycles. The molecule has 0 fully saturated rings. The molecule has 0 aliphatic heterocycles. The molecule has 0 amide bonds. The molecule has 0 N–H and O–H groups in total. The predicted octanol–water partition coefficient (Wildman–Crippen LogP) is 14.1. The molecule has 266 valence electrons. The van der Waals surface area contributed by atoms with Gasteiger partial charge in [-0.05, 0) is 91.3 Å². The molecular weight excluding hydrogens is 695 g/mol. The summed E-state index contributed by atoms with van der Waals surface area (Å²) >= 11 is 0. The molecule has 2 aromatic heterocycles. The summed E-state index contributed by atoms with van der Waals surface area (Å²) in [7, 11) is 0. The zero-order chi connectivity index (χ0) is 37.7. The normalized spacial score (nSPS) is 11.5. The molecule has 0 aliphatic carbocycles. The molecule has 11 rings (SSSR count). The van der Waals surface area contributed by atoms with E-state index < -0.39 is 0 Å². The summed E-state index contributed by atoms with van der Waals surface area (Å²) in [5.41, 5.74) is 11.6. The summed E-state index contributed by atoms with van der Waals surface area (Å²) < 4.78 is 6.09. The number of rotatable bonds is 6. The van der Waals surface area contributed by atoms with Gasteiger partial charge in [0.15, 0.2) is 17.5 Å². The third-order valence-electron chi connectivity index (χ3n) is 10.9. The van der Waals surface area contributed by atoms with Gasteiger partial charge in [0.25, 0.3) is 0 Å². The van der Waals surface area contributed by atoms with Crippen LogP contribution in [0.25, 0.3) is 111 Å². The predicted molar refractivity (Wildman–Crippen MR) is 235 cm³/mol. The van der Waals surface area contributed by atoms with Gasteiger partial charge in [-0.25, -0.2) is 15.0 Å². The van der Waals surface area contributed by atoms with Crippen molar-refractivity contribution in [3.63, 3.8) is 0 Å². The van der Waals surface area contributed by atoms with Gasteiger partial charge in [0, 0.05) is 27.5 Å². The fourth-order valence-corrected chi connectivity index (χ4v) is 8.03. The van der Waals surface area contributed by atoms with Crippen molar-refractivity contribution in [2.75, 3.05) is 0 Å². The van der Waals surface area contributed by atoms with E-state index in [1.54, 1.807) is 0 Å². The van der Waals surface area contributed by atoms with Crippen molar-refractivity contribution < 1.29 is 4.42 Å². The number of furan rings is 1. The molecule has 0 unspecified atom stereocenters. The topological polar surface area (TPSA) is 51.8 Å². The Hall–Kier alpha value is -7.69. The molecule has 57 heavy (non-hydrogen) atoms. The maximum absolute atomic E-state index is 6.09. The first-order chi connectivity index (χ1) is 28.2. The van der Waals surface area contributed by atoms with Gasteiger partial charge >= 0.3 is 0 Å². The average molecular weight is 728 g/mol. The first kappa shape index (κ1) is 32.7. The highest BCUT2D eigenvalue weighted by atomic mass is 16.3. The second-order valence-corrected chi connectivity index (χ2v) is 14.4. The number of fused-ring (bicyclic) bond motifs is 5. The van der Waals surface area contributed by atoms with E-state index >= 15 is 0 Å². The third-order valence-corrected chi connectivity index (χ3v) is 10.9. The number of nitrogens with zero attached hydrogens (tertiary/aromatic N) is 3. The van der Waals surface area contributed by atoms with Gasteiger partial charge in [-0.15, -0.1) is 0 Å². The smallest absolute Gasteiger partial charge is 0.164 e. The van der Waals surface area contributed by atoms with Crippen LogP contribution in [0.4, 0.5) is 0 Å². The fraction of sp³-hybridized carbons (Fsp3) is 0. The van der Waals surface area contributed by atoms with Crippen LogP contribution in [0.1, 0.15) is 0 Å². The summed E-state index contributed by atoms with van der Waals surface area (Å²) in [5, 5.41) is 6.74. The molecule has 0 atom stereocenters. The van der Waals surface area contributed by atoms with Crippen molar-refractivity contribution in [2.24, 2.45) is 0 Å². The number of benzene rings is 9. The van der Waals surface area contributed by atoms with Crippen LogP contribution in [0, 0.1) is 0 Å². The van der Waals surface area contributed by atoms with Crippen molar-refractivity contribution in [1.29, 1.82) is 0 Å². The summed E-state index contributed by atoms with van der Waals surface area (Å²) in [6, 6.07) is 70.0. The SMILES string of the molecule is c1ccc(-c2ccc(-c3nc(-c4ccc5cc(-c6ccc7oc8ccccc8c7c6)ccc5c4)nc(-c4ccc(-c5ccccc5)c5ccccc45)n3)cc2)cc1. The molecule has 4 nitrogen and oxygen atoms in total. The monoisotopic (exact) mass is 727 g/mol. The van der Waals surface area contributed by atoms with E-state index in [1.165, 1.54) is 16.7 Å². The minimum Gasteiger partial charge on any atom is -0.456 e. The van der Waals surface area contributed by atoms with Crippen LogP contribution in [0.15, 0.2) is 205 Å². The largest absolute Gasteiger partial charge is 0.456 e. The third kappa shape index (κ3) is 5.92. The highest BCUT2D eigenvalue weighted by Crippen LogP contribution is 2.37. The Balaban J connectivity index is 1.03.